The standard InChI is InChI=1S/C21H20ClN3O5S/c22-17-4-1-3-15(11-17)12-19-16(14-30-24-19)13-29-20-6-2-5-18(23-20)21(26)25-7-9-31(27,28)10-8-25/h1-6,11,14H,7-10,12-13H2. The fourth-order valence-corrected chi connectivity index (χ4v) is 4.64. The summed E-state index contributed by atoms with van der Waals surface area (Å²) < 4.78 is 34.0. The highest BCUT2D eigenvalue weighted by molar-refractivity contribution is 7.91. The molecule has 162 valence electrons. The minimum absolute atomic E-state index is 0.0299. The van der Waals surface area contributed by atoms with Crippen LogP contribution in [0.3, 0.4) is 0 Å². The smallest absolute Gasteiger partial charge is 0.272 e. The number of carbonyl (C=O) groups excluding carboxylic acids is 1. The minimum atomic E-state index is -3.06. The van der Waals surface area contributed by atoms with E-state index in [2.05, 4.69) is 10.1 Å². The highest BCUT2D eigenvalue weighted by atomic mass is 35.5. The molecule has 0 spiro atoms. The van der Waals surface area contributed by atoms with Crippen LogP contribution in [0.5, 0.6) is 5.88 Å². The average Bonchev–Trinajstić information content (AvgIpc) is 3.19. The molecule has 3 aromatic rings. The van der Waals surface area contributed by atoms with Crippen LogP contribution in [-0.2, 0) is 22.9 Å². The summed E-state index contributed by atoms with van der Waals surface area (Å²) in [6.45, 7) is 0.509. The Morgan fingerprint density at radius 1 is 1.16 bits per heavy atom. The molecular formula is C21H20ClN3O5S. The first-order valence-corrected chi connectivity index (χ1v) is 11.9. The Morgan fingerprint density at radius 3 is 2.71 bits per heavy atom. The lowest BCUT2D eigenvalue weighted by Crippen LogP contribution is -2.44. The van der Waals surface area contributed by atoms with Crippen LogP contribution in [0.4, 0.5) is 0 Å². The predicted octanol–water partition coefficient (Wildman–Crippen LogP) is 2.76. The maximum absolute atomic E-state index is 12.7. The van der Waals surface area contributed by atoms with Gasteiger partial charge in [-0.25, -0.2) is 13.4 Å². The molecule has 31 heavy (non-hydrogen) atoms. The van der Waals surface area contributed by atoms with Gasteiger partial charge in [-0.2, -0.15) is 0 Å². The average molecular weight is 462 g/mol. The van der Waals surface area contributed by atoms with Gasteiger partial charge in [-0.1, -0.05) is 35.0 Å². The molecule has 0 unspecified atom stereocenters. The van der Waals surface area contributed by atoms with E-state index < -0.39 is 9.84 Å². The molecule has 1 amide bonds. The van der Waals surface area contributed by atoms with Crippen molar-refractivity contribution in [2.75, 3.05) is 24.6 Å². The number of sulfone groups is 1. The van der Waals surface area contributed by atoms with Crippen molar-refractivity contribution in [3.8, 4) is 5.88 Å². The summed E-state index contributed by atoms with van der Waals surface area (Å²) in [5, 5.41) is 4.69. The third-order valence-corrected chi connectivity index (χ3v) is 6.78. The fraction of sp³-hybridized carbons (Fsp3) is 0.286. The number of nitrogens with zero attached hydrogens (tertiary/aromatic N) is 3. The van der Waals surface area contributed by atoms with Gasteiger partial charge in [-0.15, -0.1) is 0 Å². The molecule has 1 aromatic carbocycles. The molecule has 0 N–H and O–H groups in total. The summed E-state index contributed by atoms with van der Waals surface area (Å²) in [5.74, 6) is -0.0901. The zero-order chi connectivity index (χ0) is 21.8. The van der Waals surface area contributed by atoms with Crippen molar-refractivity contribution in [1.82, 2.24) is 15.0 Å². The number of benzene rings is 1. The second-order valence-electron chi connectivity index (χ2n) is 7.19. The van der Waals surface area contributed by atoms with Gasteiger partial charge in [0.25, 0.3) is 5.91 Å². The lowest BCUT2D eigenvalue weighted by Gasteiger charge is -2.26. The summed E-state index contributed by atoms with van der Waals surface area (Å²) >= 11 is 6.04. The van der Waals surface area contributed by atoms with Crippen molar-refractivity contribution in [3.63, 3.8) is 0 Å². The lowest BCUT2D eigenvalue weighted by atomic mass is 10.1. The Labute approximate surface area is 184 Å². The van der Waals surface area contributed by atoms with E-state index in [1.54, 1.807) is 24.3 Å². The number of aromatic nitrogens is 2. The maximum Gasteiger partial charge on any atom is 0.272 e. The van der Waals surface area contributed by atoms with Gasteiger partial charge in [0.15, 0.2) is 9.84 Å². The number of ether oxygens (including phenoxy) is 1. The van der Waals surface area contributed by atoms with E-state index in [1.807, 2.05) is 18.2 Å². The molecule has 3 heterocycles. The van der Waals surface area contributed by atoms with Crippen LogP contribution in [0.25, 0.3) is 0 Å². The molecule has 0 atom stereocenters. The summed E-state index contributed by atoms with van der Waals surface area (Å²) in [6, 6.07) is 12.4. The fourth-order valence-electron chi connectivity index (χ4n) is 3.23. The van der Waals surface area contributed by atoms with Gasteiger partial charge in [0.1, 0.15) is 18.6 Å². The number of halogens is 1. The zero-order valence-corrected chi connectivity index (χ0v) is 18.1. The Balaban J connectivity index is 1.40. The van der Waals surface area contributed by atoms with Crippen LogP contribution in [0.2, 0.25) is 5.02 Å². The third kappa shape index (κ3) is 5.42. The first-order valence-electron chi connectivity index (χ1n) is 9.66. The van der Waals surface area contributed by atoms with Crippen LogP contribution in [-0.4, -0.2) is 54.0 Å². The molecule has 2 aromatic heterocycles. The van der Waals surface area contributed by atoms with Crippen molar-refractivity contribution >= 4 is 27.3 Å². The molecule has 0 bridgehead atoms. The number of hydrogen-bond acceptors (Lipinski definition) is 7. The van der Waals surface area contributed by atoms with Gasteiger partial charge in [0, 0.05) is 30.6 Å². The molecule has 0 aliphatic carbocycles. The molecular weight excluding hydrogens is 442 g/mol. The minimum Gasteiger partial charge on any atom is -0.473 e. The third-order valence-electron chi connectivity index (χ3n) is 4.94. The molecule has 4 rings (SSSR count). The van der Waals surface area contributed by atoms with Crippen LogP contribution in [0.1, 0.15) is 27.3 Å². The molecule has 1 saturated heterocycles. The Hall–Kier alpha value is -2.91. The van der Waals surface area contributed by atoms with Crippen molar-refractivity contribution < 1.29 is 22.5 Å². The topological polar surface area (TPSA) is 103 Å². The Kier molecular flexibility index (Phi) is 6.24. The predicted molar refractivity (Wildman–Crippen MR) is 114 cm³/mol. The van der Waals surface area contributed by atoms with Crippen molar-refractivity contribution in [3.05, 3.63) is 76.3 Å². The van der Waals surface area contributed by atoms with Gasteiger partial charge in [-0.05, 0) is 23.8 Å². The molecule has 0 saturated carbocycles. The first kappa shape index (κ1) is 21.3. The second-order valence-corrected chi connectivity index (χ2v) is 9.93. The second kappa shape index (κ2) is 9.07. The number of amides is 1. The van der Waals surface area contributed by atoms with Crippen LogP contribution < -0.4 is 4.74 Å². The van der Waals surface area contributed by atoms with E-state index in [0.29, 0.717) is 11.4 Å². The number of pyridine rings is 1. The zero-order valence-electron chi connectivity index (χ0n) is 16.5. The van der Waals surface area contributed by atoms with Crippen LogP contribution >= 0.6 is 11.6 Å². The lowest BCUT2D eigenvalue weighted by molar-refractivity contribution is 0.0763. The molecule has 10 heteroatoms. The highest BCUT2D eigenvalue weighted by Crippen LogP contribution is 2.19. The summed E-state index contributed by atoms with van der Waals surface area (Å²) in [6.07, 6.45) is 2.06. The van der Waals surface area contributed by atoms with Crippen molar-refractivity contribution in [2.24, 2.45) is 0 Å². The van der Waals surface area contributed by atoms with Gasteiger partial charge >= 0.3 is 0 Å². The SMILES string of the molecule is O=C(c1cccc(OCc2conc2Cc2cccc(Cl)c2)n1)N1CCS(=O)(=O)CC1. The summed E-state index contributed by atoms with van der Waals surface area (Å²) in [5.41, 5.74) is 2.70. The van der Waals surface area contributed by atoms with Gasteiger partial charge in [-0.3, -0.25) is 4.79 Å². The van der Waals surface area contributed by atoms with E-state index in [-0.39, 0.29) is 48.7 Å². The molecule has 0 radical (unpaired) electrons. The van der Waals surface area contributed by atoms with Gasteiger partial charge in [0.2, 0.25) is 5.88 Å². The molecule has 1 aliphatic heterocycles. The Morgan fingerprint density at radius 2 is 1.94 bits per heavy atom. The van der Waals surface area contributed by atoms with Gasteiger partial charge in [0.05, 0.1) is 22.8 Å². The largest absolute Gasteiger partial charge is 0.473 e. The van der Waals surface area contributed by atoms with Crippen LogP contribution in [0, 0.1) is 0 Å². The molecule has 8 nitrogen and oxygen atoms in total. The number of carbonyl (C=O) groups is 1. The molecule has 1 aliphatic rings. The Bertz CT molecular complexity index is 1180. The summed E-state index contributed by atoms with van der Waals surface area (Å²) in [7, 11) is -3.06. The van der Waals surface area contributed by atoms with E-state index in [4.69, 9.17) is 20.9 Å². The quantitative estimate of drug-likeness (QED) is 0.556. The van der Waals surface area contributed by atoms with Crippen molar-refractivity contribution in [1.29, 1.82) is 0 Å². The monoisotopic (exact) mass is 461 g/mol. The van der Waals surface area contributed by atoms with E-state index in [0.717, 1.165) is 16.8 Å². The van der Waals surface area contributed by atoms with Crippen molar-refractivity contribution in [2.45, 2.75) is 13.0 Å². The van der Waals surface area contributed by atoms with Gasteiger partial charge < -0.3 is 14.2 Å². The molecule has 1 fully saturated rings. The number of hydrogen-bond donors (Lipinski definition) is 0. The van der Waals surface area contributed by atoms with E-state index in [9.17, 15) is 13.2 Å². The normalized spacial score (nSPS) is 15.6. The summed E-state index contributed by atoms with van der Waals surface area (Å²) in [4.78, 5) is 18.4. The first-order chi connectivity index (χ1) is 14.9. The maximum atomic E-state index is 12.7. The highest BCUT2D eigenvalue weighted by Gasteiger charge is 2.26. The van der Waals surface area contributed by atoms with E-state index >= 15 is 0 Å². The van der Waals surface area contributed by atoms with Crippen LogP contribution in [0.15, 0.2) is 53.3 Å². The van der Waals surface area contributed by atoms with E-state index in [1.165, 1.54) is 11.2 Å². The number of rotatable bonds is 6.